The van der Waals surface area contributed by atoms with Crippen molar-refractivity contribution >= 4 is 21.6 Å². The third-order valence-electron chi connectivity index (χ3n) is 2.16. The summed E-state index contributed by atoms with van der Waals surface area (Å²) >= 11 is 1.36. The lowest BCUT2D eigenvalue weighted by Gasteiger charge is -2.20. The van der Waals surface area contributed by atoms with E-state index in [4.69, 9.17) is 0 Å². The zero-order valence-electron chi connectivity index (χ0n) is 11.8. The Balaban J connectivity index is 2.42. The van der Waals surface area contributed by atoms with Gasteiger partial charge in [0.25, 0.3) is 0 Å². The first-order chi connectivity index (χ1) is 8.67. The maximum absolute atomic E-state index is 11.0. The highest BCUT2D eigenvalue weighted by molar-refractivity contribution is 8.00. The molecular formula is C10H21N5O2S2. The first-order valence-electron chi connectivity index (χ1n) is 5.99. The van der Waals surface area contributed by atoms with Gasteiger partial charge in [-0.25, -0.2) is 13.1 Å². The van der Waals surface area contributed by atoms with Crippen LogP contribution in [-0.2, 0) is 16.4 Å². The molecule has 9 heteroatoms. The Bertz CT molecular complexity index is 492. The number of hydrogen-bond acceptors (Lipinski definition) is 7. The molecule has 1 aromatic heterocycles. The van der Waals surface area contributed by atoms with Crippen molar-refractivity contribution in [3.05, 3.63) is 0 Å². The molecular weight excluding hydrogens is 286 g/mol. The minimum atomic E-state index is -2.94. The van der Waals surface area contributed by atoms with Crippen molar-refractivity contribution in [2.45, 2.75) is 38.0 Å². The van der Waals surface area contributed by atoms with Crippen LogP contribution >= 0.6 is 11.8 Å². The van der Waals surface area contributed by atoms with Crippen LogP contribution in [0.1, 0.15) is 20.8 Å². The minimum Gasteiger partial charge on any atom is -0.310 e. The average molecular weight is 307 g/mol. The molecule has 1 aromatic rings. The Morgan fingerprint density at radius 1 is 1.37 bits per heavy atom. The highest BCUT2D eigenvalue weighted by Gasteiger charge is 2.11. The first-order valence-corrected chi connectivity index (χ1v) is 9.04. The molecule has 0 fully saturated rings. The largest absolute Gasteiger partial charge is 0.310 e. The Kier molecular flexibility index (Phi) is 5.75. The van der Waals surface area contributed by atoms with Crippen molar-refractivity contribution < 1.29 is 8.42 Å². The van der Waals surface area contributed by atoms with Crippen molar-refractivity contribution in [1.29, 1.82) is 0 Å². The second kappa shape index (κ2) is 6.67. The fourth-order valence-corrected chi connectivity index (χ4v) is 3.36. The second-order valence-electron chi connectivity index (χ2n) is 5.34. The van der Waals surface area contributed by atoms with E-state index in [-0.39, 0.29) is 11.3 Å². The van der Waals surface area contributed by atoms with Crippen molar-refractivity contribution in [1.82, 2.24) is 25.5 Å². The van der Waals surface area contributed by atoms with Gasteiger partial charge in [-0.15, -0.1) is 5.10 Å². The molecule has 1 rings (SSSR count). The normalized spacial score (nSPS) is 12.8. The van der Waals surface area contributed by atoms with Gasteiger partial charge < -0.3 is 5.32 Å². The van der Waals surface area contributed by atoms with Gasteiger partial charge in [0.2, 0.25) is 5.16 Å². The van der Waals surface area contributed by atoms with Gasteiger partial charge in [-0.05, 0) is 31.2 Å². The highest BCUT2D eigenvalue weighted by atomic mass is 32.2. The summed E-state index contributed by atoms with van der Waals surface area (Å²) < 4.78 is 23.8. The molecule has 0 aliphatic rings. The highest BCUT2D eigenvalue weighted by Crippen LogP contribution is 2.13. The maximum Gasteiger partial charge on any atom is 0.209 e. The Morgan fingerprint density at radius 3 is 2.63 bits per heavy atom. The van der Waals surface area contributed by atoms with Crippen molar-refractivity contribution in [3.8, 4) is 0 Å². The molecule has 0 saturated carbocycles. The minimum absolute atomic E-state index is 0.0532. The van der Waals surface area contributed by atoms with E-state index in [0.29, 0.717) is 17.5 Å². The van der Waals surface area contributed by atoms with Crippen LogP contribution in [-0.4, -0.2) is 58.5 Å². The molecule has 19 heavy (non-hydrogen) atoms. The molecule has 0 atom stereocenters. The predicted octanol–water partition coefficient (Wildman–Crippen LogP) is 0.198. The van der Waals surface area contributed by atoms with Crippen LogP contribution < -0.4 is 5.32 Å². The molecule has 0 aromatic carbocycles. The zero-order valence-corrected chi connectivity index (χ0v) is 13.4. The molecule has 0 aliphatic heterocycles. The molecule has 110 valence electrons. The Labute approximate surface area is 118 Å². The fourth-order valence-electron chi connectivity index (χ4n) is 1.26. The third kappa shape index (κ3) is 7.48. The van der Waals surface area contributed by atoms with Crippen LogP contribution in [0.25, 0.3) is 0 Å². The molecule has 0 aliphatic carbocycles. The molecule has 0 unspecified atom stereocenters. The Hall–Kier alpha value is -0.670. The summed E-state index contributed by atoms with van der Waals surface area (Å²) in [6.07, 6.45) is 1.23. The van der Waals surface area contributed by atoms with Crippen LogP contribution in [0.15, 0.2) is 5.16 Å². The number of tetrazole rings is 1. The second-order valence-corrected chi connectivity index (χ2v) is 8.66. The van der Waals surface area contributed by atoms with E-state index in [1.807, 2.05) is 0 Å². The van der Waals surface area contributed by atoms with Crippen molar-refractivity contribution in [3.63, 3.8) is 0 Å². The summed E-state index contributed by atoms with van der Waals surface area (Å²) in [5, 5.41) is 15.4. The van der Waals surface area contributed by atoms with Gasteiger partial charge in [0.05, 0.1) is 12.3 Å². The molecule has 0 radical (unpaired) electrons. The summed E-state index contributed by atoms with van der Waals surface area (Å²) in [7, 11) is -2.94. The van der Waals surface area contributed by atoms with E-state index in [2.05, 4.69) is 41.6 Å². The van der Waals surface area contributed by atoms with E-state index in [9.17, 15) is 8.42 Å². The van der Waals surface area contributed by atoms with E-state index < -0.39 is 9.84 Å². The van der Waals surface area contributed by atoms with Crippen molar-refractivity contribution in [2.75, 3.05) is 24.3 Å². The predicted molar refractivity (Wildman–Crippen MR) is 76.0 cm³/mol. The quantitative estimate of drug-likeness (QED) is 0.720. The lowest BCUT2D eigenvalue weighted by molar-refractivity contribution is 0.396. The van der Waals surface area contributed by atoms with Gasteiger partial charge in [0.15, 0.2) is 0 Å². The van der Waals surface area contributed by atoms with Gasteiger partial charge in [0, 0.05) is 24.1 Å². The number of nitrogens with zero attached hydrogens (tertiary/aromatic N) is 4. The lowest BCUT2D eigenvalue weighted by Crippen LogP contribution is -2.38. The van der Waals surface area contributed by atoms with Crippen LogP contribution in [0.3, 0.4) is 0 Å². The summed E-state index contributed by atoms with van der Waals surface area (Å²) in [5.74, 6) is 0.594. The first kappa shape index (κ1) is 16.4. The third-order valence-corrected chi connectivity index (χ3v) is 4.33. The topological polar surface area (TPSA) is 89.8 Å². The summed E-state index contributed by atoms with van der Waals surface area (Å²) in [4.78, 5) is 0. The lowest BCUT2D eigenvalue weighted by atomic mass is 10.1. The van der Waals surface area contributed by atoms with Crippen LogP contribution in [0, 0.1) is 0 Å². The number of aromatic nitrogens is 4. The molecule has 0 bridgehead atoms. The zero-order chi connectivity index (χ0) is 14.5. The van der Waals surface area contributed by atoms with Gasteiger partial charge >= 0.3 is 0 Å². The maximum atomic E-state index is 11.0. The summed E-state index contributed by atoms with van der Waals surface area (Å²) in [5.41, 5.74) is 0.0532. The number of sulfone groups is 1. The van der Waals surface area contributed by atoms with Gasteiger partial charge in [-0.2, -0.15) is 0 Å². The number of nitrogens with one attached hydrogen (secondary N) is 1. The molecule has 1 N–H and O–H groups in total. The Morgan fingerprint density at radius 2 is 2.05 bits per heavy atom. The van der Waals surface area contributed by atoms with Crippen LogP contribution in [0.4, 0.5) is 0 Å². The smallest absolute Gasteiger partial charge is 0.209 e. The molecule has 0 spiro atoms. The molecule has 0 amide bonds. The van der Waals surface area contributed by atoms with E-state index in [0.717, 1.165) is 6.54 Å². The molecule has 1 heterocycles. The number of thioether (sulfide) groups is 1. The van der Waals surface area contributed by atoms with E-state index in [1.54, 1.807) is 4.68 Å². The SMILES string of the molecule is CC(C)(C)NCCn1nnnc1SCCS(C)(=O)=O. The van der Waals surface area contributed by atoms with Gasteiger partial charge in [-0.3, -0.25) is 0 Å². The van der Waals surface area contributed by atoms with Crippen molar-refractivity contribution in [2.24, 2.45) is 0 Å². The standard InChI is InChI=1S/C10H21N5O2S2/c1-10(2,3)11-5-6-15-9(12-13-14-15)18-7-8-19(4,16)17/h11H,5-8H2,1-4H3. The molecule has 7 nitrogen and oxygen atoms in total. The van der Waals surface area contributed by atoms with Gasteiger partial charge in [-0.1, -0.05) is 11.8 Å². The van der Waals surface area contributed by atoms with E-state index in [1.165, 1.54) is 18.0 Å². The average Bonchev–Trinajstić information content (AvgIpc) is 2.62. The number of hydrogen-bond donors (Lipinski definition) is 1. The van der Waals surface area contributed by atoms with Crippen LogP contribution in [0.5, 0.6) is 0 Å². The summed E-state index contributed by atoms with van der Waals surface area (Å²) in [6.45, 7) is 7.69. The summed E-state index contributed by atoms with van der Waals surface area (Å²) in [6, 6.07) is 0. The van der Waals surface area contributed by atoms with Gasteiger partial charge in [0.1, 0.15) is 9.84 Å². The van der Waals surface area contributed by atoms with Crippen LogP contribution in [0.2, 0.25) is 0 Å². The monoisotopic (exact) mass is 307 g/mol. The fraction of sp³-hybridized carbons (Fsp3) is 0.900. The molecule has 0 saturated heterocycles. The number of rotatable bonds is 7. The van der Waals surface area contributed by atoms with E-state index >= 15 is 0 Å².